The van der Waals surface area contributed by atoms with Crippen molar-refractivity contribution in [2.75, 3.05) is 32.2 Å². The molecular formula is C14H22N2O3. The first-order valence-electron chi connectivity index (χ1n) is 6.35. The van der Waals surface area contributed by atoms with Gasteiger partial charge in [0.15, 0.2) is 0 Å². The topological polar surface area (TPSA) is 70.6 Å². The Kier molecular flexibility index (Phi) is 7.10. The molecule has 1 aromatic carbocycles. The lowest BCUT2D eigenvalue weighted by atomic mass is 10.2. The first kappa shape index (κ1) is 15.6. The van der Waals surface area contributed by atoms with Crippen molar-refractivity contribution in [2.45, 2.75) is 19.4 Å². The molecule has 1 amide bonds. The van der Waals surface area contributed by atoms with E-state index in [4.69, 9.17) is 9.84 Å². The minimum Gasteiger partial charge on any atom is -0.396 e. The Hall–Kier alpha value is -1.43. The van der Waals surface area contributed by atoms with Gasteiger partial charge in [-0.1, -0.05) is 17.7 Å². The quantitative estimate of drug-likeness (QED) is 0.654. The fourth-order valence-electron chi connectivity index (χ4n) is 1.68. The number of methoxy groups -OCH3 is 1. The number of amides is 1. The molecule has 1 rings (SSSR count). The van der Waals surface area contributed by atoms with Crippen LogP contribution in [-0.2, 0) is 9.53 Å². The van der Waals surface area contributed by atoms with Gasteiger partial charge in [-0.15, -0.1) is 0 Å². The molecule has 1 atom stereocenters. The summed E-state index contributed by atoms with van der Waals surface area (Å²) in [7, 11) is 1.60. The molecule has 0 spiro atoms. The summed E-state index contributed by atoms with van der Waals surface area (Å²) in [5.74, 6) is -0.108. The standard InChI is InChI=1S/C14H22N2O3/c1-11-3-5-12(6-4-11)16-14(18)9-15-13(7-8-17)10-19-2/h3-6,13,15,17H,7-10H2,1-2H3,(H,16,18). The molecule has 106 valence electrons. The Bertz CT molecular complexity index is 373. The van der Waals surface area contributed by atoms with Crippen LogP contribution in [0.1, 0.15) is 12.0 Å². The van der Waals surface area contributed by atoms with Gasteiger partial charge in [-0.05, 0) is 25.5 Å². The summed E-state index contributed by atoms with van der Waals surface area (Å²) >= 11 is 0. The van der Waals surface area contributed by atoms with E-state index in [1.54, 1.807) is 7.11 Å². The number of ether oxygens (including phenoxy) is 1. The van der Waals surface area contributed by atoms with Crippen LogP contribution in [0.2, 0.25) is 0 Å². The molecule has 5 nitrogen and oxygen atoms in total. The number of hydrogen-bond donors (Lipinski definition) is 3. The lowest BCUT2D eigenvalue weighted by Gasteiger charge is -2.16. The zero-order valence-corrected chi connectivity index (χ0v) is 11.5. The molecule has 1 aromatic rings. The molecule has 0 fully saturated rings. The third-order valence-corrected chi connectivity index (χ3v) is 2.73. The fraction of sp³-hybridized carbons (Fsp3) is 0.500. The fourth-order valence-corrected chi connectivity index (χ4v) is 1.68. The molecule has 0 aromatic heterocycles. The SMILES string of the molecule is COCC(CCO)NCC(=O)Nc1ccc(C)cc1. The molecule has 0 aliphatic heterocycles. The molecule has 0 aliphatic rings. The Labute approximate surface area is 114 Å². The molecule has 3 N–H and O–H groups in total. The van der Waals surface area contributed by atoms with Crippen LogP contribution in [0.25, 0.3) is 0 Å². The summed E-state index contributed by atoms with van der Waals surface area (Å²) in [4.78, 5) is 11.7. The molecule has 0 bridgehead atoms. The number of hydrogen-bond acceptors (Lipinski definition) is 4. The van der Waals surface area contributed by atoms with Crippen LogP contribution in [0.4, 0.5) is 5.69 Å². The predicted octanol–water partition coefficient (Wildman–Crippen LogP) is 0.921. The number of aliphatic hydroxyl groups excluding tert-OH is 1. The van der Waals surface area contributed by atoms with E-state index in [1.165, 1.54) is 0 Å². The number of aliphatic hydroxyl groups is 1. The summed E-state index contributed by atoms with van der Waals surface area (Å²) in [6, 6.07) is 7.62. The highest BCUT2D eigenvalue weighted by Crippen LogP contribution is 2.08. The smallest absolute Gasteiger partial charge is 0.238 e. The monoisotopic (exact) mass is 266 g/mol. The van der Waals surface area contributed by atoms with E-state index >= 15 is 0 Å². The van der Waals surface area contributed by atoms with Gasteiger partial charge >= 0.3 is 0 Å². The van der Waals surface area contributed by atoms with Crippen molar-refractivity contribution in [2.24, 2.45) is 0 Å². The van der Waals surface area contributed by atoms with E-state index in [0.29, 0.717) is 13.0 Å². The number of anilines is 1. The number of nitrogens with one attached hydrogen (secondary N) is 2. The number of carbonyl (C=O) groups excluding carboxylic acids is 1. The van der Waals surface area contributed by atoms with Gasteiger partial charge in [-0.3, -0.25) is 4.79 Å². The van der Waals surface area contributed by atoms with E-state index in [-0.39, 0.29) is 25.1 Å². The van der Waals surface area contributed by atoms with E-state index in [2.05, 4.69) is 10.6 Å². The normalized spacial score (nSPS) is 12.2. The Morgan fingerprint density at radius 2 is 2.05 bits per heavy atom. The highest BCUT2D eigenvalue weighted by molar-refractivity contribution is 5.92. The second-order valence-corrected chi connectivity index (χ2v) is 4.46. The molecule has 0 heterocycles. The van der Waals surface area contributed by atoms with Crippen LogP contribution in [0.15, 0.2) is 24.3 Å². The van der Waals surface area contributed by atoms with Gasteiger partial charge in [0.2, 0.25) is 5.91 Å². The van der Waals surface area contributed by atoms with Gasteiger partial charge in [0.1, 0.15) is 0 Å². The largest absolute Gasteiger partial charge is 0.396 e. The van der Waals surface area contributed by atoms with E-state index < -0.39 is 0 Å². The van der Waals surface area contributed by atoms with Crippen molar-refractivity contribution in [3.63, 3.8) is 0 Å². The molecule has 0 aliphatic carbocycles. The van der Waals surface area contributed by atoms with Crippen molar-refractivity contribution < 1.29 is 14.6 Å². The second-order valence-electron chi connectivity index (χ2n) is 4.46. The second kappa shape index (κ2) is 8.63. The van der Waals surface area contributed by atoms with Crippen LogP contribution in [0, 0.1) is 6.92 Å². The Morgan fingerprint density at radius 1 is 1.37 bits per heavy atom. The van der Waals surface area contributed by atoms with E-state index in [1.807, 2.05) is 31.2 Å². The van der Waals surface area contributed by atoms with Gasteiger partial charge in [-0.2, -0.15) is 0 Å². The van der Waals surface area contributed by atoms with Gasteiger partial charge in [-0.25, -0.2) is 0 Å². The molecule has 19 heavy (non-hydrogen) atoms. The average molecular weight is 266 g/mol. The first-order valence-corrected chi connectivity index (χ1v) is 6.35. The zero-order valence-electron chi connectivity index (χ0n) is 11.5. The molecule has 0 radical (unpaired) electrons. The third-order valence-electron chi connectivity index (χ3n) is 2.73. The van der Waals surface area contributed by atoms with Crippen molar-refractivity contribution in [1.82, 2.24) is 5.32 Å². The first-order chi connectivity index (χ1) is 9.15. The van der Waals surface area contributed by atoms with Gasteiger partial charge in [0, 0.05) is 25.4 Å². The van der Waals surface area contributed by atoms with Crippen molar-refractivity contribution >= 4 is 11.6 Å². The van der Waals surface area contributed by atoms with E-state index in [9.17, 15) is 4.79 Å². The number of aryl methyl sites for hydroxylation is 1. The molecule has 0 saturated heterocycles. The predicted molar refractivity (Wildman–Crippen MR) is 75.2 cm³/mol. The van der Waals surface area contributed by atoms with Gasteiger partial charge < -0.3 is 20.5 Å². The number of benzene rings is 1. The summed E-state index contributed by atoms with van der Waals surface area (Å²) in [6.45, 7) is 2.73. The lowest BCUT2D eigenvalue weighted by molar-refractivity contribution is -0.115. The summed E-state index contributed by atoms with van der Waals surface area (Å²) in [6.07, 6.45) is 0.561. The van der Waals surface area contributed by atoms with Crippen molar-refractivity contribution in [1.29, 1.82) is 0 Å². The average Bonchev–Trinajstić information content (AvgIpc) is 2.39. The molecule has 5 heteroatoms. The summed E-state index contributed by atoms with van der Waals surface area (Å²) in [5, 5.41) is 14.8. The van der Waals surface area contributed by atoms with Gasteiger partial charge in [0.25, 0.3) is 0 Å². The number of carbonyl (C=O) groups is 1. The maximum Gasteiger partial charge on any atom is 0.238 e. The highest BCUT2D eigenvalue weighted by Gasteiger charge is 2.09. The Morgan fingerprint density at radius 3 is 2.63 bits per heavy atom. The minimum absolute atomic E-state index is 0.0150. The lowest BCUT2D eigenvalue weighted by Crippen LogP contribution is -2.39. The zero-order chi connectivity index (χ0) is 14.1. The van der Waals surface area contributed by atoms with Gasteiger partial charge in [0.05, 0.1) is 13.2 Å². The van der Waals surface area contributed by atoms with Crippen LogP contribution < -0.4 is 10.6 Å². The maximum atomic E-state index is 11.7. The van der Waals surface area contributed by atoms with Crippen LogP contribution >= 0.6 is 0 Å². The molecule has 1 unspecified atom stereocenters. The van der Waals surface area contributed by atoms with Crippen molar-refractivity contribution in [3.05, 3.63) is 29.8 Å². The minimum atomic E-state index is -0.108. The molecular weight excluding hydrogens is 244 g/mol. The summed E-state index contributed by atoms with van der Waals surface area (Å²) < 4.78 is 5.01. The van der Waals surface area contributed by atoms with Crippen LogP contribution in [0.5, 0.6) is 0 Å². The van der Waals surface area contributed by atoms with Crippen LogP contribution in [-0.4, -0.2) is 43.9 Å². The Balaban J connectivity index is 2.35. The molecule has 0 saturated carbocycles. The van der Waals surface area contributed by atoms with Crippen molar-refractivity contribution in [3.8, 4) is 0 Å². The highest BCUT2D eigenvalue weighted by atomic mass is 16.5. The maximum absolute atomic E-state index is 11.7. The van der Waals surface area contributed by atoms with E-state index in [0.717, 1.165) is 11.3 Å². The number of rotatable bonds is 8. The third kappa shape index (κ3) is 6.33. The summed E-state index contributed by atoms with van der Waals surface area (Å²) in [5.41, 5.74) is 1.93. The van der Waals surface area contributed by atoms with Crippen LogP contribution in [0.3, 0.4) is 0 Å².